The van der Waals surface area contributed by atoms with Crippen LogP contribution in [0.5, 0.6) is 5.75 Å². The molecule has 3 aromatic rings. The first-order valence-corrected chi connectivity index (χ1v) is 11.6. The zero-order valence-corrected chi connectivity index (χ0v) is 19.4. The van der Waals surface area contributed by atoms with Crippen LogP contribution < -0.4 is 10.1 Å². The van der Waals surface area contributed by atoms with Crippen molar-refractivity contribution in [2.45, 2.75) is 0 Å². The van der Waals surface area contributed by atoms with Crippen LogP contribution >= 0.6 is 23.4 Å². The van der Waals surface area contributed by atoms with Gasteiger partial charge in [0.05, 0.1) is 34.6 Å². The number of nitrogens with one attached hydrogen (secondary N) is 3. The number of imidazole rings is 1. The van der Waals surface area contributed by atoms with E-state index in [9.17, 15) is 0 Å². The highest BCUT2D eigenvalue weighted by Crippen LogP contribution is 2.44. The molecule has 2 aromatic carbocycles. The summed E-state index contributed by atoms with van der Waals surface area (Å²) in [5, 5.41) is 13.3. The van der Waals surface area contributed by atoms with Gasteiger partial charge in [-0.25, -0.2) is 4.98 Å². The van der Waals surface area contributed by atoms with Crippen molar-refractivity contribution < 1.29 is 4.74 Å². The van der Waals surface area contributed by atoms with Crippen LogP contribution in [-0.2, 0) is 0 Å². The molecule has 1 aliphatic carbocycles. The standard InChI is InChI=1S/C26H21ClN4OS/c1-32-20-11-8-17(9-12-20)24-25(26-29-15-22(30-26)16-5-3-2-4-6-16)33-23(31-24)13-18-7-10-19(27)14-21(18)28/h2-15,18,28,31H,1H3,(H,29,30). The van der Waals surface area contributed by atoms with E-state index in [1.807, 2.05) is 66.9 Å². The van der Waals surface area contributed by atoms with Crippen LogP contribution in [0.4, 0.5) is 0 Å². The Balaban J connectivity index is 1.51. The Bertz CT molecular complexity index is 1320. The van der Waals surface area contributed by atoms with Gasteiger partial charge < -0.3 is 20.4 Å². The first kappa shape index (κ1) is 21.4. The van der Waals surface area contributed by atoms with Crippen LogP contribution in [0.1, 0.15) is 11.4 Å². The molecule has 3 N–H and O–H groups in total. The third-order valence-corrected chi connectivity index (χ3v) is 6.68. The smallest absolute Gasteiger partial charge is 0.146 e. The van der Waals surface area contributed by atoms with Gasteiger partial charge in [0, 0.05) is 16.7 Å². The van der Waals surface area contributed by atoms with Gasteiger partial charge in [0.15, 0.2) is 0 Å². The molecule has 0 amide bonds. The van der Waals surface area contributed by atoms with Crippen molar-refractivity contribution in [3.8, 4) is 17.0 Å². The minimum Gasteiger partial charge on any atom is -0.497 e. The van der Waals surface area contributed by atoms with E-state index in [1.54, 1.807) is 24.9 Å². The first-order chi connectivity index (χ1) is 16.1. The maximum absolute atomic E-state index is 8.27. The molecule has 1 atom stereocenters. The molecule has 1 aromatic heterocycles. The normalized spacial score (nSPS) is 19.1. The van der Waals surface area contributed by atoms with Gasteiger partial charge in [-0.2, -0.15) is 0 Å². The molecule has 2 heterocycles. The fourth-order valence-corrected chi connectivity index (χ4v) is 4.92. The summed E-state index contributed by atoms with van der Waals surface area (Å²) in [6, 6.07) is 18.1. The molecule has 33 heavy (non-hydrogen) atoms. The summed E-state index contributed by atoms with van der Waals surface area (Å²) in [6.45, 7) is 0. The Hall–Kier alpha value is -3.48. The lowest BCUT2D eigenvalue weighted by Crippen LogP contribution is -2.12. The maximum Gasteiger partial charge on any atom is 0.146 e. The Morgan fingerprint density at radius 1 is 1.09 bits per heavy atom. The molecule has 0 spiro atoms. The van der Waals surface area contributed by atoms with Crippen LogP contribution in [0, 0.1) is 11.3 Å². The van der Waals surface area contributed by atoms with Crippen molar-refractivity contribution in [3.63, 3.8) is 0 Å². The summed E-state index contributed by atoms with van der Waals surface area (Å²) in [4.78, 5) is 9.14. The molecule has 7 heteroatoms. The number of halogens is 1. The van der Waals surface area contributed by atoms with Crippen LogP contribution in [0.3, 0.4) is 0 Å². The largest absolute Gasteiger partial charge is 0.497 e. The topological polar surface area (TPSA) is 73.8 Å². The van der Waals surface area contributed by atoms with Gasteiger partial charge in [-0.15, -0.1) is 0 Å². The van der Waals surface area contributed by atoms with Crippen molar-refractivity contribution in [1.82, 2.24) is 15.3 Å². The second-order valence-electron chi connectivity index (χ2n) is 7.57. The fraction of sp³-hybridized carbons (Fsp3) is 0.0769. The van der Waals surface area contributed by atoms with Crippen LogP contribution in [-0.4, -0.2) is 22.8 Å². The van der Waals surface area contributed by atoms with Gasteiger partial charge in [-0.05, 0) is 53.6 Å². The molecule has 0 fully saturated rings. The van der Waals surface area contributed by atoms with E-state index in [-0.39, 0.29) is 5.92 Å². The summed E-state index contributed by atoms with van der Waals surface area (Å²) < 4.78 is 5.32. The quantitative estimate of drug-likeness (QED) is 0.400. The number of rotatable bonds is 5. The summed E-state index contributed by atoms with van der Waals surface area (Å²) in [5.41, 5.74) is 4.49. The molecule has 0 saturated heterocycles. The minimum absolute atomic E-state index is 0.143. The predicted molar refractivity (Wildman–Crippen MR) is 137 cm³/mol. The second-order valence-corrected chi connectivity index (χ2v) is 9.06. The molecular formula is C26H21ClN4OS. The molecule has 0 saturated carbocycles. The maximum atomic E-state index is 8.27. The zero-order chi connectivity index (χ0) is 22.8. The van der Waals surface area contributed by atoms with E-state index in [0.29, 0.717) is 10.7 Å². The monoisotopic (exact) mass is 472 g/mol. The molecule has 5 rings (SSSR count). The number of ether oxygens (including phenoxy) is 1. The minimum atomic E-state index is -0.143. The predicted octanol–water partition coefficient (Wildman–Crippen LogP) is 6.42. The molecule has 1 aliphatic heterocycles. The third kappa shape index (κ3) is 4.53. The molecule has 0 bridgehead atoms. The fourth-order valence-electron chi connectivity index (χ4n) is 3.67. The van der Waals surface area contributed by atoms with E-state index in [1.165, 1.54) is 0 Å². The van der Waals surface area contributed by atoms with Crippen molar-refractivity contribution in [2.75, 3.05) is 7.11 Å². The van der Waals surface area contributed by atoms with E-state index < -0.39 is 0 Å². The Morgan fingerprint density at radius 2 is 1.88 bits per heavy atom. The number of benzene rings is 2. The number of allylic oxidation sites excluding steroid dienone is 5. The summed E-state index contributed by atoms with van der Waals surface area (Å²) >= 11 is 7.64. The van der Waals surface area contributed by atoms with Crippen molar-refractivity contribution >= 4 is 39.7 Å². The Labute approximate surface area is 201 Å². The number of nitrogens with zero attached hydrogens (tertiary/aromatic N) is 1. The van der Waals surface area contributed by atoms with E-state index >= 15 is 0 Å². The van der Waals surface area contributed by atoms with E-state index in [0.717, 1.165) is 44.0 Å². The van der Waals surface area contributed by atoms with Crippen LogP contribution in [0.15, 0.2) is 95.2 Å². The molecule has 1 unspecified atom stereocenters. The number of aromatic nitrogens is 2. The highest BCUT2D eigenvalue weighted by Gasteiger charge is 2.26. The summed E-state index contributed by atoms with van der Waals surface area (Å²) in [7, 11) is 1.66. The lowest BCUT2D eigenvalue weighted by molar-refractivity contribution is 0.415. The summed E-state index contributed by atoms with van der Waals surface area (Å²) in [5.74, 6) is 1.45. The number of methoxy groups -OCH3 is 1. The molecule has 2 aliphatic rings. The summed E-state index contributed by atoms with van der Waals surface area (Å²) in [6.07, 6.45) is 9.35. The van der Waals surface area contributed by atoms with E-state index in [4.69, 9.17) is 21.7 Å². The number of H-pyrrole nitrogens is 1. The van der Waals surface area contributed by atoms with Gasteiger partial charge >= 0.3 is 0 Å². The van der Waals surface area contributed by atoms with Crippen molar-refractivity contribution in [2.24, 2.45) is 5.92 Å². The first-order valence-electron chi connectivity index (χ1n) is 10.4. The average molecular weight is 473 g/mol. The lowest BCUT2D eigenvalue weighted by atomic mass is 9.98. The SMILES string of the molecule is COc1ccc(C2=C(c3ncc(-c4ccccc4)[nH]3)SC(=CC3C=CC(Cl)=CC3=N)N2)cc1. The van der Waals surface area contributed by atoms with Crippen molar-refractivity contribution in [1.29, 1.82) is 5.41 Å². The van der Waals surface area contributed by atoms with Gasteiger partial charge in [0.2, 0.25) is 0 Å². The lowest BCUT2D eigenvalue weighted by Gasteiger charge is -2.13. The molecule has 5 nitrogen and oxygen atoms in total. The van der Waals surface area contributed by atoms with Gasteiger partial charge in [0.25, 0.3) is 0 Å². The number of hydrogen-bond acceptors (Lipinski definition) is 5. The zero-order valence-electron chi connectivity index (χ0n) is 17.8. The molecule has 164 valence electrons. The number of aromatic amines is 1. The van der Waals surface area contributed by atoms with E-state index in [2.05, 4.69) is 27.4 Å². The highest BCUT2D eigenvalue weighted by atomic mass is 35.5. The highest BCUT2D eigenvalue weighted by molar-refractivity contribution is 8.12. The molecular weight excluding hydrogens is 452 g/mol. The van der Waals surface area contributed by atoms with Crippen molar-refractivity contribution in [3.05, 3.63) is 107 Å². The Kier molecular flexibility index (Phi) is 5.94. The van der Waals surface area contributed by atoms with Gasteiger partial charge in [-0.1, -0.05) is 59.8 Å². The second kappa shape index (κ2) is 9.17. The Morgan fingerprint density at radius 3 is 2.61 bits per heavy atom. The van der Waals surface area contributed by atoms with Crippen LogP contribution in [0.25, 0.3) is 21.9 Å². The third-order valence-electron chi connectivity index (χ3n) is 5.39. The van der Waals surface area contributed by atoms with Gasteiger partial charge in [-0.3, -0.25) is 0 Å². The number of hydrogen-bond donors (Lipinski definition) is 3. The van der Waals surface area contributed by atoms with Crippen LogP contribution in [0.2, 0.25) is 0 Å². The van der Waals surface area contributed by atoms with Gasteiger partial charge in [0.1, 0.15) is 11.6 Å². The average Bonchev–Trinajstić information content (AvgIpc) is 3.49. The molecule has 0 radical (unpaired) electrons. The number of thioether (sulfide) groups is 1.